The second-order valence-corrected chi connectivity index (χ2v) is 5.99. The number of rotatable bonds is 2. The van der Waals surface area contributed by atoms with Crippen LogP contribution in [0.1, 0.15) is 20.8 Å². The van der Waals surface area contributed by atoms with Gasteiger partial charge in [0.1, 0.15) is 15.7 Å². The van der Waals surface area contributed by atoms with Gasteiger partial charge in [0.2, 0.25) is 0 Å². The van der Waals surface area contributed by atoms with Crippen LogP contribution in [0.2, 0.25) is 0 Å². The zero-order valence-electron chi connectivity index (χ0n) is 10.3. The van der Waals surface area contributed by atoms with Crippen molar-refractivity contribution >= 4 is 21.9 Å². The molecule has 0 bridgehead atoms. The van der Waals surface area contributed by atoms with Crippen molar-refractivity contribution in [2.24, 2.45) is 0 Å². The Morgan fingerprint density at radius 1 is 1.22 bits per heavy atom. The maximum Gasteiger partial charge on any atom is 0.412 e. The predicted molar refractivity (Wildman–Crippen MR) is 64.3 cm³/mol. The van der Waals surface area contributed by atoms with E-state index in [1.165, 1.54) is 12.1 Å². The van der Waals surface area contributed by atoms with E-state index in [2.05, 4.69) is 5.32 Å². The fourth-order valence-corrected chi connectivity index (χ4v) is 1.60. The summed E-state index contributed by atoms with van der Waals surface area (Å²) in [5.74, 6) is 0. The first-order valence-electron chi connectivity index (χ1n) is 5.14. The quantitative estimate of drug-likeness (QED) is 0.830. The van der Waals surface area contributed by atoms with Crippen LogP contribution in [0.25, 0.3) is 0 Å². The van der Waals surface area contributed by atoms with Crippen LogP contribution >= 0.6 is 0 Å². The van der Waals surface area contributed by atoms with Crippen LogP contribution in [0.15, 0.2) is 29.2 Å². The van der Waals surface area contributed by atoms with Gasteiger partial charge in [-0.3, -0.25) is 5.32 Å². The Morgan fingerprint density at radius 3 is 2.11 bits per heavy atom. The highest BCUT2D eigenvalue weighted by Gasteiger charge is 2.16. The summed E-state index contributed by atoms with van der Waals surface area (Å²) < 4.78 is 37.1. The van der Waals surface area contributed by atoms with Crippen molar-refractivity contribution < 1.29 is 22.5 Å². The third kappa shape index (κ3) is 4.72. The van der Waals surface area contributed by atoms with Crippen molar-refractivity contribution in [3.63, 3.8) is 0 Å². The summed E-state index contributed by atoms with van der Waals surface area (Å²) in [6.07, 6.45) is -0.653. The van der Waals surface area contributed by atoms with Crippen LogP contribution in [0.5, 0.6) is 0 Å². The molecule has 0 aromatic heterocycles. The van der Waals surface area contributed by atoms with E-state index in [4.69, 9.17) is 4.74 Å². The van der Waals surface area contributed by atoms with E-state index < -0.39 is 21.8 Å². The molecule has 1 aromatic carbocycles. The Kier molecular flexibility index (Phi) is 3.98. The number of hydrogen-bond acceptors (Lipinski definition) is 5. The van der Waals surface area contributed by atoms with Crippen molar-refractivity contribution in [3.05, 3.63) is 24.3 Å². The van der Waals surface area contributed by atoms with Gasteiger partial charge in [-0.2, -0.15) is 0 Å². The van der Waals surface area contributed by atoms with E-state index in [1.807, 2.05) is 0 Å². The highest BCUT2D eigenvalue weighted by atomic mass is 32.2. The molecule has 18 heavy (non-hydrogen) atoms. The zero-order chi connectivity index (χ0) is 14.0. The van der Waals surface area contributed by atoms with E-state index in [9.17, 15) is 17.8 Å². The molecule has 100 valence electrons. The topological polar surface area (TPSA) is 95.5 Å². The number of hydrogen-bond donors (Lipinski definition) is 1. The molecular formula is C11H14NO5S-. The van der Waals surface area contributed by atoms with Gasteiger partial charge in [0.25, 0.3) is 0 Å². The average Bonchev–Trinajstić information content (AvgIpc) is 2.13. The largest absolute Gasteiger partial charge is 0.744 e. The van der Waals surface area contributed by atoms with Crippen LogP contribution in [0.4, 0.5) is 10.5 Å². The number of carbonyl (C=O) groups is 1. The smallest absolute Gasteiger partial charge is 0.412 e. The van der Waals surface area contributed by atoms with E-state index >= 15 is 0 Å². The number of ether oxygens (including phenoxy) is 1. The molecule has 0 atom stereocenters. The minimum atomic E-state index is -4.47. The fourth-order valence-electron chi connectivity index (χ4n) is 1.13. The molecule has 6 nitrogen and oxygen atoms in total. The Hall–Kier alpha value is -1.60. The predicted octanol–water partition coefficient (Wildman–Crippen LogP) is 1.94. The van der Waals surface area contributed by atoms with Gasteiger partial charge in [-0.25, -0.2) is 13.2 Å². The fraction of sp³-hybridized carbons (Fsp3) is 0.364. The summed E-state index contributed by atoms with van der Waals surface area (Å²) in [6.45, 7) is 5.17. The number of nitrogens with one attached hydrogen (secondary N) is 1. The summed E-state index contributed by atoms with van der Waals surface area (Å²) >= 11 is 0. The van der Waals surface area contributed by atoms with Gasteiger partial charge in [-0.1, -0.05) is 0 Å². The minimum absolute atomic E-state index is 0.344. The standard InChI is InChI=1S/C11H15NO5S/c1-11(2,3)17-10(13)12-8-4-6-9(7-5-8)18(14,15)16/h4-7H,1-3H3,(H,12,13)(H,14,15,16)/p-1. The molecule has 0 fully saturated rings. The van der Waals surface area contributed by atoms with Gasteiger partial charge in [-0.15, -0.1) is 0 Å². The highest BCUT2D eigenvalue weighted by molar-refractivity contribution is 7.85. The maximum atomic E-state index is 11.4. The first-order valence-corrected chi connectivity index (χ1v) is 6.55. The molecule has 0 radical (unpaired) electrons. The number of anilines is 1. The molecule has 0 aliphatic rings. The molecule has 1 rings (SSSR count). The lowest BCUT2D eigenvalue weighted by Crippen LogP contribution is -2.27. The van der Waals surface area contributed by atoms with Crippen molar-refractivity contribution in [1.82, 2.24) is 0 Å². The van der Waals surface area contributed by atoms with Gasteiger partial charge in [0.05, 0.1) is 4.90 Å². The monoisotopic (exact) mass is 272 g/mol. The minimum Gasteiger partial charge on any atom is -0.744 e. The lowest BCUT2D eigenvalue weighted by molar-refractivity contribution is 0.0636. The molecular weight excluding hydrogens is 258 g/mol. The normalized spacial score (nSPS) is 12.0. The van der Waals surface area contributed by atoms with E-state index in [0.717, 1.165) is 12.1 Å². The third-order valence-electron chi connectivity index (χ3n) is 1.79. The molecule has 7 heteroatoms. The third-order valence-corrected chi connectivity index (χ3v) is 2.64. The first kappa shape index (κ1) is 14.5. The zero-order valence-corrected chi connectivity index (χ0v) is 11.1. The van der Waals surface area contributed by atoms with Crippen molar-refractivity contribution in [2.45, 2.75) is 31.3 Å². The van der Waals surface area contributed by atoms with Gasteiger partial charge in [-0.05, 0) is 45.0 Å². The highest BCUT2D eigenvalue weighted by Crippen LogP contribution is 2.15. The first-order chi connectivity index (χ1) is 8.08. The van der Waals surface area contributed by atoms with E-state index in [1.54, 1.807) is 20.8 Å². The van der Waals surface area contributed by atoms with Gasteiger partial charge >= 0.3 is 6.09 Å². The van der Waals surface area contributed by atoms with Gasteiger partial charge < -0.3 is 9.29 Å². The molecule has 0 spiro atoms. The van der Waals surface area contributed by atoms with Crippen LogP contribution in [-0.2, 0) is 14.9 Å². The molecule has 0 saturated carbocycles. The molecule has 0 aliphatic carbocycles. The van der Waals surface area contributed by atoms with Crippen LogP contribution in [0, 0.1) is 0 Å². The van der Waals surface area contributed by atoms with Crippen molar-refractivity contribution in [3.8, 4) is 0 Å². The molecule has 1 amide bonds. The van der Waals surface area contributed by atoms with Crippen molar-refractivity contribution in [1.29, 1.82) is 0 Å². The second-order valence-electron chi connectivity index (χ2n) is 4.61. The Morgan fingerprint density at radius 2 is 1.72 bits per heavy atom. The summed E-state index contributed by atoms with van der Waals surface area (Å²) in [6, 6.07) is 4.87. The second kappa shape index (κ2) is 4.95. The Balaban J connectivity index is 2.73. The summed E-state index contributed by atoms with van der Waals surface area (Å²) in [5.41, 5.74) is -0.279. The molecule has 0 aliphatic heterocycles. The van der Waals surface area contributed by atoms with Crippen LogP contribution in [0.3, 0.4) is 0 Å². The summed E-state index contributed by atoms with van der Waals surface area (Å²) in [4.78, 5) is 11.0. The van der Waals surface area contributed by atoms with E-state index in [-0.39, 0.29) is 4.90 Å². The molecule has 1 aromatic rings. The molecule has 1 N–H and O–H groups in total. The van der Waals surface area contributed by atoms with Gasteiger partial charge in [0, 0.05) is 5.69 Å². The number of carbonyl (C=O) groups excluding carboxylic acids is 1. The van der Waals surface area contributed by atoms with Crippen LogP contribution < -0.4 is 5.32 Å². The van der Waals surface area contributed by atoms with Gasteiger partial charge in [0.15, 0.2) is 0 Å². The molecule has 0 heterocycles. The lowest BCUT2D eigenvalue weighted by Gasteiger charge is -2.19. The van der Waals surface area contributed by atoms with Crippen molar-refractivity contribution in [2.75, 3.05) is 5.32 Å². The summed E-state index contributed by atoms with van der Waals surface area (Å²) in [5, 5.41) is 2.42. The Labute approximate surface area is 106 Å². The van der Waals surface area contributed by atoms with E-state index in [0.29, 0.717) is 5.69 Å². The maximum absolute atomic E-state index is 11.4. The molecule has 0 saturated heterocycles. The SMILES string of the molecule is CC(C)(C)OC(=O)Nc1ccc(S(=O)(=O)[O-])cc1. The number of benzene rings is 1. The average molecular weight is 272 g/mol. The Bertz CT molecular complexity index is 528. The molecule has 0 unspecified atom stereocenters. The number of amides is 1. The summed E-state index contributed by atoms with van der Waals surface area (Å²) in [7, 11) is -4.47. The lowest BCUT2D eigenvalue weighted by atomic mass is 10.2. The van der Waals surface area contributed by atoms with Crippen LogP contribution in [-0.4, -0.2) is 24.7 Å².